The molecule has 1 heterocycles. The quantitative estimate of drug-likeness (QED) is 0.851. The van der Waals surface area contributed by atoms with E-state index >= 15 is 0 Å². The van der Waals surface area contributed by atoms with E-state index in [1.807, 2.05) is 0 Å². The van der Waals surface area contributed by atoms with Crippen LogP contribution >= 0.6 is 0 Å². The highest BCUT2D eigenvalue weighted by molar-refractivity contribution is 5.99. The monoisotopic (exact) mass is 369 g/mol. The molecule has 0 spiro atoms. The van der Waals surface area contributed by atoms with Crippen LogP contribution in [0.25, 0.3) is 0 Å². The Bertz CT molecular complexity index is 762. The highest BCUT2D eigenvalue weighted by Gasteiger charge is 2.35. The molecule has 1 aliphatic rings. The number of amides is 1. The van der Waals surface area contributed by atoms with Crippen LogP contribution in [0.15, 0.2) is 47.7 Å². The molecule has 0 radical (unpaired) electrons. The summed E-state index contributed by atoms with van der Waals surface area (Å²) in [5, 5.41) is 2.33. The number of alkyl halides is 3. The fourth-order valence-corrected chi connectivity index (χ4v) is 2.08. The van der Waals surface area contributed by atoms with Crippen LogP contribution in [0.4, 0.5) is 23.7 Å². The van der Waals surface area contributed by atoms with Gasteiger partial charge in [-0.1, -0.05) is 0 Å². The van der Waals surface area contributed by atoms with E-state index in [4.69, 9.17) is 9.47 Å². The van der Waals surface area contributed by atoms with Crippen LogP contribution in [0.1, 0.15) is 26.3 Å². The molecule has 0 aliphatic carbocycles. The molecule has 5 nitrogen and oxygen atoms in total. The number of ether oxygens (including phenoxy) is 2. The third kappa shape index (κ3) is 4.87. The van der Waals surface area contributed by atoms with Crippen molar-refractivity contribution in [2.75, 3.05) is 11.9 Å². The topological polar surface area (TPSA) is 64.6 Å². The Morgan fingerprint density at radius 1 is 1.27 bits per heavy atom. The van der Waals surface area contributed by atoms with Crippen LogP contribution in [-0.4, -0.2) is 24.1 Å². The number of allylic oxidation sites excluding steroid dienone is 1. The van der Waals surface area contributed by atoms with Gasteiger partial charge in [-0.3, -0.25) is 10.1 Å². The standard InChI is InChI=1S/C18H18F3NO4/c1-11(14-10-15(23)17(2,3)26-14)8-9-25-16(24)22-13-6-4-12(5-7-13)18(19,20)21/h4-8,10H,9H2,1-3H3,(H,22,24)/b11-8+. The van der Waals surface area contributed by atoms with Gasteiger partial charge in [-0.05, 0) is 56.7 Å². The minimum atomic E-state index is -4.44. The molecule has 140 valence electrons. The molecule has 1 aromatic carbocycles. The van der Waals surface area contributed by atoms with Gasteiger partial charge < -0.3 is 9.47 Å². The van der Waals surface area contributed by atoms with E-state index in [1.165, 1.54) is 6.08 Å². The first-order valence-electron chi connectivity index (χ1n) is 7.72. The van der Waals surface area contributed by atoms with Crippen molar-refractivity contribution in [3.05, 3.63) is 53.3 Å². The molecule has 1 amide bonds. The highest BCUT2D eigenvalue weighted by atomic mass is 19.4. The minimum Gasteiger partial charge on any atom is -0.479 e. The smallest absolute Gasteiger partial charge is 0.416 e. The summed E-state index contributed by atoms with van der Waals surface area (Å²) in [6.07, 6.45) is -2.30. The molecule has 0 aromatic heterocycles. The molecule has 8 heteroatoms. The summed E-state index contributed by atoms with van der Waals surface area (Å²) in [6.45, 7) is 4.92. The Hall–Kier alpha value is -2.77. The zero-order chi connectivity index (χ0) is 19.5. The lowest BCUT2D eigenvalue weighted by Crippen LogP contribution is -2.27. The van der Waals surface area contributed by atoms with E-state index in [0.29, 0.717) is 11.3 Å². The lowest BCUT2D eigenvalue weighted by Gasteiger charge is -2.18. The van der Waals surface area contributed by atoms with E-state index in [2.05, 4.69) is 5.32 Å². The molecule has 0 saturated heterocycles. The predicted octanol–water partition coefficient (Wildman–Crippen LogP) is 4.46. The van der Waals surface area contributed by atoms with Crippen LogP contribution in [0, 0.1) is 0 Å². The number of carbonyl (C=O) groups is 2. The lowest BCUT2D eigenvalue weighted by molar-refractivity contribution is -0.137. The third-order valence-electron chi connectivity index (χ3n) is 3.67. The maximum Gasteiger partial charge on any atom is 0.416 e. The number of halogens is 3. The van der Waals surface area contributed by atoms with E-state index in [1.54, 1.807) is 26.8 Å². The van der Waals surface area contributed by atoms with Gasteiger partial charge in [0.05, 0.1) is 5.56 Å². The van der Waals surface area contributed by atoms with Crippen molar-refractivity contribution >= 4 is 17.6 Å². The third-order valence-corrected chi connectivity index (χ3v) is 3.67. The first kappa shape index (κ1) is 19.6. The molecule has 2 rings (SSSR count). The van der Waals surface area contributed by atoms with E-state index in [9.17, 15) is 22.8 Å². The van der Waals surface area contributed by atoms with Crippen LogP contribution in [0.5, 0.6) is 0 Å². The summed E-state index contributed by atoms with van der Waals surface area (Å²) < 4.78 is 47.9. The van der Waals surface area contributed by atoms with Crippen LogP contribution in [0.2, 0.25) is 0 Å². The number of carbonyl (C=O) groups excluding carboxylic acids is 2. The van der Waals surface area contributed by atoms with Crippen molar-refractivity contribution in [3.8, 4) is 0 Å². The average Bonchev–Trinajstić information content (AvgIpc) is 2.80. The fourth-order valence-electron chi connectivity index (χ4n) is 2.08. The summed E-state index contributed by atoms with van der Waals surface area (Å²) in [5.74, 6) is 0.257. The second kappa shape index (κ2) is 7.23. The van der Waals surface area contributed by atoms with Gasteiger partial charge in [0.1, 0.15) is 12.4 Å². The normalized spacial score (nSPS) is 16.8. The van der Waals surface area contributed by atoms with E-state index in [0.717, 1.165) is 24.3 Å². The first-order chi connectivity index (χ1) is 12.0. The predicted molar refractivity (Wildman–Crippen MR) is 88.4 cm³/mol. The number of rotatable bonds is 4. The van der Waals surface area contributed by atoms with Gasteiger partial charge in [-0.25, -0.2) is 4.79 Å². The maximum absolute atomic E-state index is 12.5. The summed E-state index contributed by atoms with van der Waals surface area (Å²) in [6, 6.07) is 4.00. The van der Waals surface area contributed by atoms with Gasteiger partial charge in [0.2, 0.25) is 5.78 Å². The Kier molecular flexibility index (Phi) is 5.44. The molecule has 0 unspecified atom stereocenters. The molecule has 1 aromatic rings. The van der Waals surface area contributed by atoms with Crippen LogP contribution in [0.3, 0.4) is 0 Å². The second-order valence-electron chi connectivity index (χ2n) is 6.17. The SMILES string of the molecule is C/C(=C\COC(=O)Nc1ccc(C(F)(F)F)cc1)C1=CC(=O)C(C)(C)O1. The average molecular weight is 369 g/mol. The molecule has 0 atom stereocenters. The Morgan fingerprint density at radius 3 is 2.38 bits per heavy atom. The number of anilines is 1. The van der Waals surface area contributed by atoms with Crippen molar-refractivity contribution in [2.45, 2.75) is 32.5 Å². The zero-order valence-corrected chi connectivity index (χ0v) is 14.4. The number of nitrogens with one attached hydrogen (secondary N) is 1. The highest BCUT2D eigenvalue weighted by Crippen LogP contribution is 2.30. The van der Waals surface area contributed by atoms with Gasteiger partial charge in [0.25, 0.3) is 0 Å². The summed E-state index contributed by atoms with van der Waals surface area (Å²) >= 11 is 0. The second-order valence-corrected chi connectivity index (χ2v) is 6.17. The van der Waals surface area contributed by atoms with Gasteiger partial charge in [0.15, 0.2) is 5.60 Å². The van der Waals surface area contributed by atoms with Gasteiger partial charge >= 0.3 is 12.3 Å². The number of ketones is 1. The van der Waals surface area contributed by atoms with Crippen molar-refractivity contribution in [1.82, 2.24) is 0 Å². The molecule has 0 fully saturated rings. The Morgan fingerprint density at radius 2 is 1.88 bits per heavy atom. The largest absolute Gasteiger partial charge is 0.479 e. The Labute approximate surface area is 148 Å². The molecule has 1 aliphatic heterocycles. The van der Waals surface area contributed by atoms with Crippen LogP contribution in [-0.2, 0) is 20.4 Å². The molecular formula is C18H18F3NO4. The van der Waals surface area contributed by atoms with Crippen molar-refractivity contribution in [2.24, 2.45) is 0 Å². The molecule has 0 saturated carbocycles. The molecule has 0 bridgehead atoms. The Balaban J connectivity index is 1.85. The minimum absolute atomic E-state index is 0.0897. The van der Waals surface area contributed by atoms with Gasteiger partial charge in [-0.2, -0.15) is 13.2 Å². The van der Waals surface area contributed by atoms with Gasteiger partial charge in [0, 0.05) is 11.8 Å². The van der Waals surface area contributed by atoms with E-state index in [-0.39, 0.29) is 18.1 Å². The molecule has 26 heavy (non-hydrogen) atoms. The summed E-state index contributed by atoms with van der Waals surface area (Å²) in [4.78, 5) is 23.4. The number of hydrogen-bond donors (Lipinski definition) is 1. The fraction of sp³-hybridized carbons (Fsp3) is 0.333. The van der Waals surface area contributed by atoms with Gasteiger partial charge in [-0.15, -0.1) is 0 Å². The van der Waals surface area contributed by atoms with Crippen molar-refractivity contribution in [1.29, 1.82) is 0 Å². The lowest BCUT2D eigenvalue weighted by atomic mass is 10.1. The van der Waals surface area contributed by atoms with Crippen molar-refractivity contribution < 1.29 is 32.2 Å². The zero-order valence-electron chi connectivity index (χ0n) is 14.4. The maximum atomic E-state index is 12.5. The summed E-state index contributed by atoms with van der Waals surface area (Å²) in [5.41, 5.74) is -0.910. The summed E-state index contributed by atoms with van der Waals surface area (Å²) in [7, 11) is 0. The molecule has 1 N–H and O–H groups in total. The number of hydrogen-bond acceptors (Lipinski definition) is 4. The molecular weight excluding hydrogens is 351 g/mol. The van der Waals surface area contributed by atoms with Crippen LogP contribution < -0.4 is 5.32 Å². The number of benzene rings is 1. The first-order valence-corrected chi connectivity index (χ1v) is 7.72. The van der Waals surface area contributed by atoms with Crippen molar-refractivity contribution in [3.63, 3.8) is 0 Å². The van der Waals surface area contributed by atoms with E-state index < -0.39 is 23.4 Å².